The molecule has 0 aliphatic carbocycles. The Morgan fingerprint density at radius 1 is 1.07 bits per heavy atom. The van der Waals surface area contributed by atoms with Crippen molar-refractivity contribution >= 4 is 0 Å². The van der Waals surface area contributed by atoms with Crippen LogP contribution in [0.15, 0.2) is 0 Å². The van der Waals surface area contributed by atoms with Gasteiger partial charge >= 0.3 is 0 Å². The molecule has 0 radical (unpaired) electrons. The second-order valence-corrected chi connectivity index (χ2v) is 3.55. The summed E-state index contributed by atoms with van der Waals surface area (Å²) in [5.74, 6) is 0. The first kappa shape index (κ1) is 10.3. The second-order valence-electron chi connectivity index (χ2n) is 3.55. The maximum atomic E-state index is 9.59. The first-order chi connectivity index (χ1) is 6.59. The van der Waals surface area contributed by atoms with Crippen LogP contribution in [0.1, 0.15) is 6.92 Å². The molecule has 2 aliphatic rings. The summed E-state index contributed by atoms with van der Waals surface area (Å²) in [5.41, 5.74) is 0. The van der Waals surface area contributed by atoms with Gasteiger partial charge in [0.05, 0.1) is 6.61 Å². The van der Waals surface area contributed by atoms with Crippen LogP contribution in [0.2, 0.25) is 0 Å². The number of aliphatic hydroxyl groups excluding tert-OH is 3. The van der Waals surface area contributed by atoms with Crippen LogP contribution in [0.5, 0.6) is 0 Å². The van der Waals surface area contributed by atoms with Gasteiger partial charge in [-0.15, -0.1) is 0 Å². The van der Waals surface area contributed by atoms with Crippen LogP contribution in [0, 0.1) is 0 Å². The van der Waals surface area contributed by atoms with Crippen molar-refractivity contribution in [2.24, 2.45) is 0 Å². The van der Waals surface area contributed by atoms with Crippen molar-refractivity contribution in [2.45, 2.75) is 43.9 Å². The molecule has 0 amide bonds. The second kappa shape index (κ2) is 3.73. The molecule has 0 saturated carbocycles. The number of ether oxygens (including phenoxy) is 3. The molecule has 2 rings (SSSR count). The summed E-state index contributed by atoms with van der Waals surface area (Å²) in [5, 5.41) is 28.1. The molecule has 14 heavy (non-hydrogen) atoms. The number of hydrogen-bond acceptors (Lipinski definition) is 6. The number of hydrogen-bond donors (Lipinski definition) is 3. The van der Waals surface area contributed by atoms with Gasteiger partial charge in [-0.1, -0.05) is 0 Å². The smallest absolute Gasteiger partial charge is 0.184 e. The van der Waals surface area contributed by atoms with Crippen molar-refractivity contribution in [1.82, 2.24) is 0 Å². The summed E-state index contributed by atoms with van der Waals surface area (Å²) in [6.45, 7) is 1.94. The highest BCUT2D eigenvalue weighted by Gasteiger charge is 2.47. The van der Waals surface area contributed by atoms with Crippen molar-refractivity contribution in [3.8, 4) is 0 Å². The van der Waals surface area contributed by atoms with Crippen molar-refractivity contribution in [1.29, 1.82) is 0 Å². The number of fused-ring (bicyclic) bond motifs is 1. The third-order valence-corrected chi connectivity index (χ3v) is 2.50. The summed E-state index contributed by atoms with van der Waals surface area (Å²) >= 11 is 0. The van der Waals surface area contributed by atoms with E-state index in [0.717, 1.165) is 0 Å². The lowest BCUT2D eigenvalue weighted by molar-refractivity contribution is -0.348. The molecule has 0 spiro atoms. The molecule has 82 valence electrons. The molecule has 0 bridgehead atoms. The molecule has 2 aliphatic heterocycles. The van der Waals surface area contributed by atoms with Crippen molar-refractivity contribution < 1.29 is 29.5 Å². The summed E-state index contributed by atoms with van der Waals surface area (Å²) in [7, 11) is 0. The minimum Gasteiger partial charge on any atom is -0.387 e. The van der Waals surface area contributed by atoms with Gasteiger partial charge in [-0.2, -0.15) is 0 Å². The lowest BCUT2D eigenvalue weighted by Crippen LogP contribution is -2.62. The molecule has 6 nitrogen and oxygen atoms in total. The quantitative estimate of drug-likeness (QED) is 0.433. The Bertz CT molecular complexity index is 208. The highest BCUT2D eigenvalue weighted by Crippen LogP contribution is 2.27. The van der Waals surface area contributed by atoms with E-state index in [1.54, 1.807) is 6.92 Å². The molecule has 1 unspecified atom stereocenters. The van der Waals surface area contributed by atoms with Gasteiger partial charge < -0.3 is 29.5 Å². The lowest BCUT2D eigenvalue weighted by Gasteiger charge is -2.44. The SMILES string of the molecule is CC1OC[C@H]2O[C@H](O)[C@H](O)[C@@H](O)[C@H]2O1. The molecule has 3 N–H and O–H groups in total. The Labute approximate surface area is 81.0 Å². The zero-order valence-electron chi connectivity index (χ0n) is 7.74. The minimum absolute atomic E-state index is 0.243. The Morgan fingerprint density at radius 2 is 1.79 bits per heavy atom. The van der Waals surface area contributed by atoms with Crippen LogP contribution in [0.3, 0.4) is 0 Å². The first-order valence-electron chi connectivity index (χ1n) is 4.56. The van der Waals surface area contributed by atoms with E-state index in [0.29, 0.717) is 0 Å². The number of rotatable bonds is 0. The molecule has 6 atom stereocenters. The monoisotopic (exact) mass is 206 g/mol. The fourth-order valence-corrected chi connectivity index (χ4v) is 1.71. The van der Waals surface area contributed by atoms with Gasteiger partial charge in [0.15, 0.2) is 12.6 Å². The molecule has 0 aromatic heterocycles. The van der Waals surface area contributed by atoms with Crippen molar-refractivity contribution in [2.75, 3.05) is 6.61 Å². The van der Waals surface area contributed by atoms with Gasteiger partial charge in [0.25, 0.3) is 0 Å². The summed E-state index contributed by atoms with van der Waals surface area (Å²) in [6.07, 6.45) is -5.46. The Balaban J connectivity index is 2.08. The predicted octanol–water partition coefficient (Wildman–Crippen LogP) is -1.81. The number of aliphatic hydroxyl groups is 3. The van der Waals surface area contributed by atoms with Gasteiger partial charge in [0.2, 0.25) is 0 Å². The van der Waals surface area contributed by atoms with E-state index in [1.165, 1.54) is 0 Å². The van der Waals surface area contributed by atoms with Gasteiger partial charge in [-0.05, 0) is 6.92 Å². The van der Waals surface area contributed by atoms with Crippen LogP contribution >= 0.6 is 0 Å². The third kappa shape index (κ3) is 1.65. The molecule has 2 heterocycles. The Kier molecular flexibility index (Phi) is 2.74. The van der Waals surface area contributed by atoms with E-state index in [1.807, 2.05) is 0 Å². The lowest BCUT2D eigenvalue weighted by atomic mass is 9.98. The predicted molar refractivity (Wildman–Crippen MR) is 43.2 cm³/mol. The summed E-state index contributed by atoms with van der Waals surface area (Å²) < 4.78 is 15.4. The van der Waals surface area contributed by atoms with Gasteiger partial charge in [-0.25, -0.2) is 0 Å². The highest BCUT2D eigenvalue weighted by atomic mass is 16.7. The maximum absolute atomic E-state index is 9.59. The third-order valence-electron chi connectivity index (χ3n) is 2.50. The molecule has 6 heteroatoms. The fourth-order valence-electron chi connectivity index (χ4n) is 1.71. The van der Waals surface area contributed by atoms with Crippen LogP contribution in [-0.2, 0) is 14.2 Å². The zero-order chi connectivity index (χ0) is 10.3. The molecule has 0 aromatic carbocycles. The molecular formula is C8H14O6. The van der Waals surface area contributed by atoms with Crippen LogP contribution in [-0.4, -0.2) is 58.9 Å². The average Bonchev–Trinajstić information content (AvgIpc) is 2.16. The largest absolute Gasteiger partial charge is 0.387 e. The van der Waals surface area contributed by atoms with Gasteiger partial charge in [0, 0.05) is 0 Å². The topological polar surface area (TPSA) is 88.4 Å². The van der Waals surface area contributed by atoms with E-state index in [4.69, 9.17) is 14.2 Å². The molecule has 2 saturated heterocycles. The van der Waals surface area contributed by atoms with Crippen LogP contribution in [0.25, 0.3) is 0 Å². The molecule has 0 aromatic rings. The Hall–Kier alpha value is -0.240. The van der Waals surface area contributed by atoms with E-state index in [2.05, 4.69) is 0 Å². The van der Waals surface area contributed by atoms with Crippen LogP contribution < -0.4 is 0 Å². The Morgan fingerprint density at radius 3 is 2.50 bits per heavy atom. The normalized spacial score (nSPS) is 54.0. The van der Waals surface area contributed by atoms with E-state index >= 15 is 0 Å². The molecule has 2 fully saturated rings. The van der Waals surface area contributed by atoms with Crippen molar-refractivity contribution in [3.05, 3.63) is 0 Å². The van der Waals surface area contributed by atoms with Crippen LogP contribution in [0.4, 0.5) is 0 Å². The summed E-state index contributed by atoms with van der Waals surface area (Å²) in [4.78, 5) is 0. The van der Waals surface area contributed by atoms with Gasteiger partial charge in [0.1, 0.15) is 24.4 Å². The zero-order valence-corrected chi connectivity index (χ0v) is 7.74. The highest BCUT2D eigenvalue weighted by molar-refractivity contribution is 4.91. The minimum atomic E-state index is -1.38. The van der Waals surface area contributed by atoms with E-state index < -0.39 is 37.0 Å². The van der Waals surface area contributed by atoms with Crippen molar-refractivity contribution in [3.63, 3.8) is 0 Å². The maximum Gasteiger partial charge on any atom is 0.184 e. The van der Waals surface area contributed by atoms with E-state index in [-0.39, 0.29) is 6.61 Å². The van der Waals surface area contributed by atoms with Gasteiger partial charge in [-0.3, -0.25) is 0 Å². The summed E-state index contributed by atoms with van der Waals surface area (Å²) in [6, 6.07) is 0. The molecular weight excluding hydrogens is 192 g/mol. The standard InChI is InChI=1S/C8H14O6/c1-3-12-2-4-7(13-3)5(9)6(10)8(11)14-4/h3-11H,2H2,1H3/t3?,4-,5-,6-,7+,8+/m1/s1. The van der Waals surface area contributed by atoms with E-state index in [9.17, 15) is 15.3 Å². The fraction of sp³-hybridized carbons (Fsp3) is 1.00. The first-order valence-corrected chi connectivity index (χ1v) is 4.56. The average molecular weight is 206 g/mol.